The first-order valence-corrected chi connectivity index (χ1v) is 9.42. The van der Waals surface area contributed by atoms with Crippen LogP contribution in [0.15, 0.2) is 29.4 Å². The second-order valence-electron chi connectivity index (χ2n) is 6.28. The number of aromatic nitrogens is 2. The first kappa shape index (κ1) is 17.7. The number of hydrogen-bond acceptors (Lipinski definition) is 7. The van der Waals surface area contributed by atoms with Crippen molar-refractivity contribution >= 4 is 28.5 Å². The monoisotopic (exact) mass is 387 g/mol. The molecule has 142 valence electrons. The number of ether oxygens (including phenoxy) is 4. The van der Waals surface area contributed by atoms with E-state index < -0.39 is 0 Å². The third-order valence-electron chi connectivity index (χ3n) is 4.39. The van der Waals surface area contributed by atoms with Crippen molar-refractivity contribution in [3.8, 4) is 23.0 Å². The molecule has 0 amide bonds. The van der Waals surface area contributed by atoms with E-state index in [1.165, 1.54) is 0 Å². The van der Waals surface area contributed by atoms with Crippen molar-refractivity contribution in [3.63, 3.8) is 0 Å². The fourth-order valence-corrected chi connectivity index (χ4v) is 3.90. The third kappa shape index (κ3) is 3.32. The number of nitrogens with one attached hydrogen (secondary N) is 1. The van der Waals surface area contributed by atoms with Crippen LogP contribution in [0.2, 0.25) is 0 Å². The van der Waals surface area contributed by atoms with Crippen LogP contribution in [-0.4, -0.2) is 45.1 Å². The van der Waals surface area contributed by atoms with E-state index in [2.05, 4.69) is 14.9 Å². The Kier molecular flexibility index (Phi) is 4.65. The molecule has 1 aliphatic heterocycles. The lowest BCUT2D eigenvalue weighted by Crippen LogP contribution is -2.11. The van der Waals surface area contributed by atoms with E-state index in [1.54, 1.807) is 26.0 Å². The van der Waals surface area contributed by atoms with Crippen LogP contribution in [0.1, 0.15) is 5.56 Å². The topological polar surface area (TPSA) is 68.8 Å². The second kappa shape index (κ2) is 7.11. The molecule has 2 heterocycles. The van der Waals surface area contributed by atoms with Gasteiger partial charge in [0, 0.05) is 43.7 Å². The fraction of sp³-hybridized carbons (Fsp3) is 0.316. The van der Waals surface area contributed by atoms with Crippen LogP contribution in [0.4, 0.5) is 5.69 Å². The Morgan fingerprint density at radius 3 is 2.48 bits per heavy atom. The average Bonchev–Trinajstić information content (AvgIpc) is 3.28. The average molecular weight is 387 g/mol. The Balaban J connectivity index is 1.60. The summed E-state index contributed by atoms with van der Waals surface area (Å²) in [6.45, 7) is 0.260. The Bertz CT molecular complexity index is 946. The van der Waals surface area contributed by atoms with Gasteiger partial charge in [0.25, 0.3) is 0 Å². The van der Waals surface area contributed by atoms with Gasteiger partial charge in [-0.2, -0.15) is 0 Å². The number of nitrogens with zero attached hydrogens (tertiary/aromatic N) is 2. The minimum Gasteiger partial charge on any atom is -0.493 e. The van der Waals surface area contributed by atoms with Crippen molar-refractivity contribution in [1.82, 2.24) is 9.97 Å². The molecule has 0 atom stereocenters. The van der Waals surface area contributed by atoms with Crippen LogP contribution in [0, 0.1) is 0 Å². The molecule has 3 aromatic rings. The highest BCUT2D eigenvalue weighted by Gasteiger charge is 2.17. The lowest BCUT2D eigenvalue weighted by Gasteiger charge is -2.20. The van der Waals surface area contributed by atoms with Gasteiger partial charge >= 0.3 is 0 Å². The SMILES string of the molecule is COc1cc(CSc2nc3cc4c(cc3[nH]2)OCO4)c(N(C)C)cc1OC. The van der Waals surface area contributed by atoms with Gasteiger partial charge < -0.3 is 28.8 Å². The number of anilines is 1. The molecule has 1 aromatic heterocycles. The highest BCUT2D eigenvalue weighted by Crippen LogP contribution is 2.39. The van der Waals surface area contributed by atoms with E-state index in [-0.39, 0.29) is 6.79 Å². The van der Waals surface area contributed by atoms with Gasteiger partial charge in [0.05, 0.1) is 25.3 Å². The summed E-state index contributed by atoms with van der Waals surface area (Å²) >= 11 is 1.63. The predicted octanol–water partition coefficient (Wildman–Crippen LogP) is 3.67. The van der Waals surface area contributed by atoms with Crippen LogP contribution in [0.5, 0.6) is 23.0 Å². The molecule has 0 radical (unpaired) electrons. The molecule has 4 rings (SSSR count). The van der Waals surface area contributed by atoms with Crippen LogP contribution >= 0.6 is 11.8 Å². The number of rotatable bonds is 6. The number of imidazole rings is 1. The number of hydrogen-bond donors (Lipinski definition) is 1. The maximum Gasteiger partial charge on any atom is 0.231 e. The van der Waals surface area contributed by atoms with E-state index in [0.29, 0.717) is 11.5 Å². The minimum atomic E-state index is 0.260. The number of fused-ring (bicyclic) bond motifs is 2. The molecule has 8 heteroatoms. The molecule has 0 saturated heterocycles. The molecule has 1 aliphatic rings. The van der Waals surface area contributed by atoms with Gasteiger partial charge in [-0.25, -0.2) is 4.98 Å². The van der Waals surface area contributed by atoms with E-state index in [4.69, 9.17) is 18.9 Å². The highest BCUT2D eigenvalue weighted by atomic mass is 32.2. The normalized spacial score (nSPS) is 12.4. The summed E-state index contributed by atoms with van der Waals surface area (Å²) < 4.78 is 21.7. The Morgan fingerprint density at radius 2 is 1.78 bits per heavy atom. The van der Waals surface area contributed by atoms with E-state index in [9.17, 15) is 0 Å². The third-order valence-corrected chi connectivity index (χ3v) is 5.31. The van der Waals surface area contributed by atoms with Gasteiger partial charge in [-0.1, -0.05) is 11.8 Å². The van der Waals surface area contributed by atoms with Crippen molar-refractivity contribution in [2.24, 2.45) is 0 Å². The number of methoxy groups -OCH3 is 2. The van der Waals surface area contributed by atoms with E-state index in [1.807, 2.05) is 38.4 Å². The van der Waals surface area contributed by atoms with Crippen LogP contribution in [-0.2, 0) is 5.75 Å². The van der Waals surface area contributed by atoms with Gasteiger partial charge in [-0.05, 0) is 11.6 Å². The highest BCUT2D eigenvalue weighted by molar-refractivity contribution is 7.98. The molecule has 0 fully saturated rings. The maximum absolute atomic E-state index is 5.45. The van der Waals surface area contributed by atoms with Crippen molar-refractivity contribution in [2.75, 3.05) is 40.0 Å². The summed E-state index contributed by atoms with van der Waals surface area (Å²) in [5.41, 5.74) is 4.01. The molecule has 0 aliphatic carbocycles. The zero-order valence-electron chi connectivity index (χ0n) is 15.7. The standard InChI is InChI=1S/C19H21N3O4S/c1-22(2)14-8-16(24-4)15(23-3)5-11(14)9-27-19-20-12-6-17-18(26-10-25-17)7-13(12)21-19/h5-8H,9-10H2,1-4H3,(H,20,21). The predicted molar refractivity (Wildman–Crippen MR) is 106 cm³/mol. The summed E-state index contributed by atoms with van der Waals surface area (Å²) in [6.07, 6.45) is 0. The van der Waals surface area contributed by atoms with Crippen LogP contribution in [0.25, 0.3) is 11.0 Å². The smallest absolute Gasteiger partial charge is 0.231 e. The summed E-state index contributed by atoms with van der Waals surface area (Å²) in [4.78, 5) is 10.1. The van der Waals surface area contributed by atoms with Gasteiger partial charge in [-0.3, -0.25) is 0 Å². The Morgan fingerprint density at radius 1 is 1.07 bits per heavy atom. The summed E-state index contributed by atoms with van der Waals surface area (Å²) in [5.74, 6) is 3.65. The van der Waals surface area contributed by atoms with Gasteiger partial charge in [0.1, 0.15) is 0 Å². The number of H-pyrrole nitrogens is 1. The van der Waals surface area contributed by atoms with Gasteiger partial charge in [-0.15, -0.1) is 0 Å². The van der Waals surface area contributed by atoms with Crippen molar-refractivity contribution < 1.29 is 18.9 Å². The summed E-state index contributed by atoms with van der Waals surface area (Å²) in [5, 5.41) is 0.841. The quantitative estimate of drug-likeness (QED) is 0.647. The summed E-state index contributed by atoms with van der Waals surface area (Å²) in [7, 11) is 7.31. The van der Waals surface area contributed by atoms with Gasteiger partial charge in [0.2, 0.25) is 6.79 Å². The molecule has 0 spiro atoms. The van der Waals surface area contributed by atoms with E-state index >= 15 is 0 Å². The maximum atomic E-state index is 5.45. The summed E-state index contributed by atoms with van der Waals surface area (Å²) in [6, 6.07) is 7.84. The van der Waals surface area contributed by atoms with Crippen LogP contribution in [0.3, 0.4) is 0 Å². The fourth-order valence-electron chi connectivity index (χ4n) is 3.03. The number of aromatic amines is 1. The molecule has 0 saturated carbocycles. The largest absolute Gasteiger partial charge is 0.493 e. The molecular formula is C19H21N3O4S. The van der Waals surface area contributed by atoms with Crippen molar-refractivity contribution in [1.29, 1.82) is 0 Å². The lowest BCUT2D eigenvalue weighted by atomic mass is 10.1. The number of thioether (sulfide) groups is 1. The molecular weight excluding hydrogens is 366 g/mol. The molecule has 0 bridgehead atoms. The molecule has 1 N–H and O–H groups in total. The van der Waals surface area contributed by atoms with Gasteiger partial charge in [0.15, 0.2) is 28.2 Å². The zero-order valence-corrected chi connectivity index (χ0v) is 16.5. The second-order valence-corrected chi connectivity index (χ2v) is 7.25. The number of benzene rings is 2. The first-order chi connectivity index (χ1) is 13.1. The van der Waals surface area contributed by atoms with Crippen molar-refractivity contribution in [3.05, 3.63) is 29.8 Å². The minimum absolute atomic E-state index is 0.260. The lowest BCUT2D eigenvalue weighted by molar-refractivity contribution is 0.174. The van der Waals surface area contributed by atoms with Crippen LogP contribution < -0.4 is 23.8 Å². The Hall–Kier alpha value is -2.74. The Labute approximate surface area is 161 Å². The molecule has 0 unspecified atom stereocenters. The molecule has 27 heavy (non-hydrogen) atoms. The van der Waals surface area contributed by atoms with E-state index in [0.717, 1.165) is 44.7 Å². The first-order valence-electron chi connectivity index (χ1n) is 8.43. The van der Waals surface area contributed by atoms with Crippen molar-refractivity contribution in [2.45, 2.75) is 10.9 Å². The molecule has 7 nitrogen and oxygen atoms in total. The zero-order chi connectivity index (χ0) is 19.0. The molecule has 2 aromatic carbocycles.